The van der Waals surface area contributed by atoms with Crippen LogP contribution < -0.4 is 0 Å². The molecule has 0 aromatic heterocycles. The molecule has 4 rings (SSSR count). The van der Waals surface area contributed by atoms with Gasteiger partial charge < -0.3 is 14.7 Å². The molecule has 0 radical (unpaired) electrons. The van der Waals surface area contributed by atoms with E-state index in [1.807, 2.05) is 37.3 Å². The fraction of sp³-hybridized carbons (Fsp3) is 0.316. The van der Waals surface area contributed by atoms with E-state index in [0.29, 0.717) is 0 Å². The lowest BCUT2D eigenvalue weighted by Crippen LogP contribution is -2.57. The van der Waals surface area contributed by atoms with Crippen LogP contribution in [-0.2, 0) is 15.9 Å². The van der Waals surface area contributed by atoms with Gasteiger partial charge in [-0.3, -0.25) is 4.79 Å². The quantitative estimate of drug-likeness (QED) is 0.501. The van der Waals surface area contributed by atoms with Crippen molar-refractivity contribution in [2.45, 2.75) is 18.1 Å². The van der Waals surface area contributed by atoms with Gasteiger partial charge in [-0.25, -0.2) is 0 Å². The number of carbonyl (C=O) groups is 1. The summed E-state index contributed by atoms with van der Waals surface area (Å²) < 4.78 is 5.76. The molecule has 1 fully saturated rings. The van der Waals surface area contributed by atoms with E-state index < -0.39 is 17.0 Å². The molecule has 0 aliphatic carbocycles. The number of benzene rings is 2. The molecule has 1 saturated heterocycles. The average Bonchev–Trinajstić information content (AvgIpc) is 2.81. The van der Waals surface area contributed by atoms with Crippen molar-refractivity contribution in [2.24, 2.45) is 0 Å². The van der Waals surface area contributed by atoms with E-state index in [0.717, 1.165) is 5.56 Å². The lowest BCUT2D eigenvalue weighted by molar-refractivity contribution is -0.136. The highest BCUT2D eigenvalue weighted by atomic mass is 35.5. The molecule has 2 aliphatic rings. The molecule has 1 amide bonds. The number of hydrogen-bond acceptors (Lipinski definition) is 3. The summed E-state index contributed by atoms with van der Waals surface area (Å²) >= 11 is 25.3. The van der Waals surface area contributed by atoms with Gasteiger partial charge in [0, 0.05) is 12.1 Å². The summed E-state index contributed by atoms with van der Waals surface area (Å²) in [6.07, 6.45) is 0. The van der Waals surface area contributed by atoms with Crippen molar-refractivity contribution >= 4 is 52.3 Å². The van der Waals surface area contributed by atoms with Crippen LogP contribution in [0.25, 0.3) is 0 Å². The predicted molar refractivity (Wildman–Crippen MR) is 106 cm³/mol. The minimum atomic E-state index is -1.80. The van der Waals surface area contributed by atoms with Gasteiger partial charge in [0.25, 0.3) is 5.91 Å². The number of amides is 1. The Labute approximate surface area is 176 Å². The predicted octanol–water partition coefficient (Wildman–Crippen LogP) is 4.89. The number of halogens is 4. The Kier molecular flexibility index (Phi) is 4.66. The van der Waals surface area contributed by atoms with Crippen LogP contribution in [0.1, 0.15) is 28.4 Å². The number of carbonyl (C=O) groups excluding carboxylic acids is 1. The van der Waals surface area contributed by atoms with E-state index in [1.165, 1.54) is 4.90 Å². The average molecular weight is 447 g/mol. The Balaban J connectivity index is 2.10. The number of nitrogens with zero attached hydrogens (tertiary/aromatic N) is 1. The number of aliphatic hydroxyl groups is 1. The summed E-state index contributed by atoms with van der Waals surface area (Å²) in [6, 6.07) is 9.35. The van der Waals surface area contributed by atoms with Gasteiger partial charge in [-0.15, -0.1) is 0 Å². The molecule has 0 spiro atoms. The fourth-order valence-corrected chi connectivity index (χ4v) is 5.10. The first-order valence-corrected chi connectivity index (χ1v) is 9.80. The molecule has 1 N–H and O–H groups in total. The van der Waals surface area contributed by atoms with E-state index in [1.54, 1.807) is 0 Å². The molecule has 4 nitrogen and oxygen atoms in total. The molecular weight excluding hydrogens is 432 g/mol. The maximum Gasteiger partial charge on any atom is 0.258 e. The van der Waals surface area contributed by atoms with E-state index in [9.17, 15) is 9.90 Å². The molecule has 142 valence electrons. The van der Waals surface area contributed by atoms with Crippen LogP contribution in [0, 0.1) is 0 Å². The highest BCUT2D eigenvalue weighted by Gasteiger charge is 2.63. The minimum absolute atomic E-state index is 0.00523. The van der Waals surface area contributed by atoms with Crippen molar-refractivity contribution < 1.29 is 14.6 Å². The van der Waals surface area contributed by atoms with Crippen LogP contribution in [0.3, 0.4) is 0 Å². The number of ether oxygens (including phenoxy) is 1. The zero-order valence-corrected chi connectivity index (χ0v) is 17.3. The van der Waals surface area contributed by atoms with E-state index in [-0.39, 0.29) is 51.0 Å². The molecule has 2 aliphatic heterocycles. The smallest absolute Gasteiger partial charge is 0.258 e. The van der Waals surface area contributed by atoms with Gasteiger partial charge in [0.2, 0.25) is 0 Å². The molecule has 2 heterocycles. The first-order valence-electron chi connectivity index (χ1n) is 8.29. The first-order chi connectivity index (χ1) is 12.7. The van der Waals surface area contributed by atoms with E-state index >= 15 is 0 Å². The van der Waals surface area contributed by atoms with Gasteiger partial charge in [0.05, 0.1) is 44.3 Å². The van der Waals surface area contributed by atoms with Crippen molar-refractivity contribution in [1.29, 1.82) is 0 Å². The SMILES string of the molecule is C[C@@]1(c2ccccc2)COCCN2C(=O)c3c(Cl)c(Cl)c(Cl)c(Cl)c3[C@]21O. The molecule has 0 unspecified atom stereocenters. The van der Waals surface area contributed by atoms with Crippen molar-refractivity contribution in [2.75, 3.05) is 19.8 Å². The molecule has 0 bridgehead atoms. The second-order valence-electron chi connectivity index (χ2n) is 6.89. The third-order valence-corrected chi connectivity index (χ3v) is 7.30. The van der Waals surface area contributed by atoms with E-state index in [4.69, 9.17) is 51.1 Å². The summed E-state index contributed by atoms with van der Waals surface area (Å²) in [5, 5.41) is 12.1. The Morgan fingerprint density at radius 3 is 2.33 bits per heavy atom. The minimum Gasteiger partial charge on any atom is -0.378 e. The van der Waals surface area contributed by atoms with Crippen LogP contribution in [0.2, 0.25) is 20.1 Å². The van der Waals surface area contributed by atoms with Crippen LogP contribution in [-0.4, -0.2) is 35.7 Å². The third-order valence-electron chi connectivity index (χ3n) is 5.50. The van der Waals surface area contributed by atoms with Gasteiger partial charge in [-0.1, -0.05) is 76.7 Å². The second-order valence-corrected chi connectivity index (χ2v) is 8.40. The van der Waals surface area contributed by atoms with Gasteiger partial charge in [-0.2, -0.15) is 0 Å². The van der Waals surface area contributed by atoms with Crippen molar-refractivity contribution in [3.63, 3.8) is 0 Å². The number of hydrogen-bond donors (Lipinski definition) is 1. The third kappa shape index (κ3) is 2.41. The fourth-order valence-electron chi connectivity index (χ4n) is 4.04. The summed E-state index contributed by atoms with van der Waals surface area (Å²) in [7, 11) is 0. The summed E-state index contributed by atoms with van der Waals surface area (Å²) in [5.74, 6) is -0.453. The zero-order valence-electron chi connectivity index (χ0n) is 14.2. The van der Waals surface area contributed by atoms with Crippen LogP contribution in [0.5, 0.6) is 0 Å². The van der Waals surface area contributed by atoms with Crippen LogP contribution >= 0.6 is 46.4 Å². The lowest BCUT2D eigenvalue weighted by atomic mass is 9.70. The largest absolute Gasteiger partial charge is 0.378 e. The number of fused-ring (bicyclic) bond motifs is 3. The van der Waals surface area contributed by atoms with Crippen molar-refractivity contribution in [3.05, 3.63) is 67.1 Å². The Morgan fingerprint density at radius 1 is 1.04 bits per heavy atom. The molecule has 27 heavy (non-hydrogen) atoms. The van der Waals surface area contributed by atoms with Crippen molar-refractivity contribution in [1.82, 2.24) is 4.90 Å². The highest BCUT2D eigenvalue weighted by molar-refractivity contribution is 6.53. The van der Waals surface area contributed by atoms with Crippen molar-refractivity contribution in [3.8, 4) is 0 Å². The molecule has 8 heteroatoms. The Hall–Kier alpha value is -1.01. The standard InChI is InChI=1S/C19H15Cl4NO3/c1-18(10-5-3-2-4-6-10)9-27-8-7-24-17(25)11-12(19(18,24)26)14(21)16(23)15(22)13(11)20/h2-6,26H,7-9H2,1H3/t18-,19+/m0/s1. The molecule has 2 aromatic carbocycles. The van der Waals surface area contributed by atoms with Gasteiger partial charge >= 0.3 is 0 Å². The Morgan fingerprint density at radius 2 is 1.67 bits per heavy atom. The maximum absolute atomic E-state index is 13.2. The molecule has 0 saturated carbocycles. The van der Waals surface area contributed by atoms with Gasteiger partial charge in [-0.05, 0) is 12.5 Å². The topological polar surface area (TPSA) is 49.8 Å². The zero-order chi connectivity index (χ0) is 19.6. The molecular formula is C19H15Cl4NO3. The van der Waals surface area contributed by atoms with E-state index in [2.05, 4.69) is 0 Å². The van der Waals surface area contributed by atoms with Crippen LogP contribution in [0.15, 0.2) is 30.3 Å². The normalized spacial score (nSPS) is 27.3. The highest BCUT2D eigenvalue weighted by Crippen LogP contribution is 2.57. The van der Waals surface area contributed by atoms with Gasteiger partial charge in [0.15, 0.2) is 5.72 Å². The lowest BCUT2D eigenvalue weighted by Gasteiger charge is -2.46. The van der Waals surface area contributed by atoms with Crippen LogP contribution in [0.4, 0.5) is 0 Å². The molecule has 2 aromatic rings. The summed E-state index contributed by atoms with van der Waals surface area (Å²) in [6.45, 7) is 2.44. The maximum atomic E-state index is 13.2. The monoisotopic (exact) mass is 445 g/mol. The summed E-state index contributed by atoms with van der Waals surface area (Å²) in [4.78, 5) is 14.6. The number of rotatable bonds is 1. The summed E-state index contributed by atoms with van der Waals surface area (Å²) in [5.41, 5.74) is -1.77. The second kappa shape index (κ2) is 6.51. The molecule has 2 atom stereocenters. The Bertz CT molecular complexity index is 952. The first kappa shape index (κ1) is 19.3. The van der Waals surface area contributed by atoms with Gasteiger partial charge in [0.1, 0.15) is 0 Å².